The van der Waals surface area contributed by atoms with E-state index in [2.05, 4.69) is 31.9 Å². The number of esters is 1. The van der Waals surface area contributed by atoms with Gasteiger partial charge in [-0.3, -0.25) is 4.79 Å². The van der Waals surface area contributed by atoms with Crippen molar-refractivity contribution in [3.05, 3.63) is 34.3 Å². The van der Waals surface area contributed by atoms with E-state index < -0.39 is 0 Å². The third kappa shape index (κ3) is 5.11. The summed E-state index contributed by atoms with van der Waals surface area (Å²) in [6, 6.07) is 7.90. The maximum Gasteiger partial charge on any atom is 0.313 e. The molecule has 1 unspecified atom stereocenters. The standard InChI is InChI=1S/C14H18Br2O2/c1-2-18-14(17)13(8-3-4-9-15)11-6-5-7-12(16)10-11/h5-7,10,13H,2-4,8-9H2,1H3. The Labute approximate surface area is 125 Å². The second kappa shape index (κ2) is 8.70. The van der Waals surface area contributed by atoms with Gasteiger partial charge in [-0.2, -0.15) is 0 Å². The first kappa shape index (κ1) is 15.7. The first-order chi connectivity index (χ1) is 8.69. The molecule has 0 spiro atoms. The van der Waals surface area contributed by atoms with E-state index in [1.165, 1.54) is 0 Å². The van der Waals surface area contributed by atoms with Gasteiger partial charge >= 0.3 is 5.97 Å². The molecule has 0 aliphatic rings. The predicted molar refractivity (Wildman–Crippen MR) is 81.2 cm³/mol. The van der Waals surface area contributed by atoms with Crippen molar-refractivity contribution >= 4 is 37.8 Å². The lowest BCUT2D eigenvalue weighted by molar-refractivity contribution is -0.145. The van der Waals surface area contributed by atoms with Crippen molar-refractivity contribution in [2.45, 2.75) is 32.1 Å². The highest BCUT2D eigenvalue weighted by molar-refractivity contribution is 9.10. The fourth-order valence-corrected chi connectivity index (χ4v) is 2.64. The second-order valence-corrected chi connectivity index (χ2v) is 5.75. The van der Waals surface area contributed by atoms with E-state index in [0.717, 1.165) is 34.6 Å². The van der Waals surface area contributed by atoms with Crippen LogP contribution in [0.15, 0.2) is 28.7 Å². The maximum absolute atomic E-state index is 12.0. The van der Waals surface area contributed by atoms with Gasteiger partial charge in [0, 0.05) is 9.80 Å². The van der Waals surface area contributed by atoms with Crippen LogP contribution in [0.1, 0.15) is 37.7 Å². The molecule has 0 aromatic heterocycles. The Morgan fingerprint density at radius 2 is 2.17 bits per heavy atom. The molecule has 0 amide bonds. The van der Waals surface area contributed by atoms with Gasteiger partial charge in [0.05, 0.1) is 12.5 Å². The van der Waals surface area contributed by atoms with Crippen molar-refractivity contribution < 1.29 is 9.53 Å². The van der Waals surface area contributed by atoms with Crippen LogP contribution in [0.3, 0.4) is 0 Å². The molecule has 0 N–H and O–H groups in total. The number of hydrogen-bond acceptors (Lipinski definition) is 2. The highest BCUT2D eigenvalue weighted by atomic mass is 79.9. The lowest BCUT2D eigenvalue weighted by Gasteiger charge is -2.16. The van der Waals surface area contributed by atoms with Crippen LogP contribution in [0.4, 0.5) is 0 Å². The van der Waals surface area contributed by atoms with Crippen molar-refractivity contribution in [1.82, 2.24) is 0 Å². The number of rotatable bonds is 7. The lowest BCUT2D eigenvalue weighted by Crippen LogP contribution is -2.16. The molecule has 0 aliphatic heterocycles. The molecule has 0 heterocycles. The molecule has 1 aromatic rings. The SMILES string of the molecule is CCOC(=O)C(CCCCBr)c1cccc(Br)c1. The molecule has 4 heteroatoms. The van der Waals surface area contributed by atoms with Gasteiger partial charge in [0.15, 0.2) is 0 Å². The van der Waals surface area contributed by atoms with Crippen LogP contribution in [0.2, 0.25) is 0 Å². The molecule has 0 saturated heterocycles. The summed E-state index contributed by atoms with van der Waals surface area (Å²) < 4.78 is 6.16. The van der Waals surface area contributed by atoms with Gasteiger partial charge in [-0.05, 0) is 37.5 Å². The molecular weight excluding hydrogens is 360 g/mol. The quantitative estimate of drug-likeness (QED) is 0.392. The normalized spacial score (nSPS) is 12.2. The molecule has 0 bridgehead atoms. The van der Waals surface area contributed by atoms with Crippen LogP contribution >= 0.6 is 31.9 Å². The zero-order valence-corrected chi connectivity index (χ0v) is 13.7. The van der Waals surface area contributed by atoms with Gasteiger partial charge in [0.1, 0.15) is 0 Å². The monoisotopic (exact) mass is 376 g/mol. The highest BCUT2D eigenvalue weighted by Crippen LogP contribution is 2.26. The minimum atomic E-state index is -0.151. The number of alkyl halides is 1. The molecular formula is C14H18Br2O2. The van der Waals surface area contributed by atoms with Crippen LogP contribution in [-0.2, 0) is 9.53 Å². The predicted octanol–water partition coefficient (Wildman–Crippen LogP) is 4.66. The molecule has 100 valence electrons. The Bertz CT molecular complexity index is 380. The Hall–Kier alpha value is -0.350. The molecule has 0 fully saturated rings. The van der Waals surface area contributed by atoms with Crippen molar-refractivity contribution in [2.75, 3.05) is 11.9 Å². The summed E-state index contributed by atoms with van der Waals surface area (Å²) in [6.45, 7) is 2.27. The lowest BCUT2D eigenvalue weighted by atomic mass is 9.94. The third-order valence-corrected chi connectivity index (χ3v) is 3.75. The largest absolute Gasteiger partial charge is 0.466 e. The van der Waals surface area contributed by atoms with E-state index in [9.17, 15) is 4.79 Å². The summed E-state index contributed by atoms with van der Waals surface area (Å²) in [4.78, 5) is 12.0. The minimum Gasteiger partial charge on any atom is -0.466 e. The molecule has 2 nitrogen and oxygen atoms in total. The maximum atomic E-state index is 12.0. The van der Waals surface area contributed by atoms with Crippen LogP contribution < -0.4 is 0 Å². The van der Waals surface area contributed by atoms with Crippen LogP contribution in [0.5, 0.6) is 0 Å². The Kier molecular flexibility index (Phi) is 7.59. The average molecular weight is 378 g/mol. The Balaban J connectivity index is 2.78. The number of halogens is 2. The van der Waals surface area contributed by atoms with Crippen molar-refractivity contribution in [2.24, 2.45) is 0 Å². The van der Waals surface area contributed by atoms with Crippen LogP contribution in [0, 0.1) is 0 Å². The van der Waals surface area contributed by atoms with Crippen molar-refractivity contribution in [3.63, 3.8) is 0 Å². The van der Waals surface area contributed by atoms with E-state index in [1.807, 2.05) is 31.2 Å². The van der Waals surface area contributed by atoms with E-state index in [1.54, 1.807) is 0 Å². The van der Waals surface area contributed by atoms with Gasteiger partial charge in [0.2, 0.25) is 0 Å². The van der Waals surface area contributed by atoms with Crippen molar-refractivity contribution in [3.8, 4) is 0 Å². The van der Waals surface area contributed by atoms with Gasteiger partial charge < -0.3 is 4.74 Å². The van der Waals surface area contributed by atoms with Gasteiger partial charge in [0.25, 0.3) is 0 Å². The minimum absolute atomic E-state index is 0.120. The summed E-state index contributed by atoms with van der Waals surface area (Å²) in [5.74, 6) is -0.272. The fourth-order valence-electron chi connectivity index (χ4n) is 1.83. The number of hydrogen-bond donors (Lipinski definition) is 0. The summed E-state index contributed by atoms with van der Waals surface area (Å²) in [5, 5.41) is 0.973. The Morgan fingerprint density at radius 3 is 2.78 bits per heavy atom. The summed E-state index contributed by atoms with van der Waals surface area (Å²) in [7, 11) is 0. The first-order valence-corrected chi connectivity index (χ1v) is 8.08. The fraction of sp³-hybridized carbons (Fsp3) is 0.500. The molecule has 0 saturated carbocycles. The van der Waals surface area contributed by atoms with E-state index in [-0.39, 0.29) is 11.9 Å². The molecule has 0 radical (unpaired) electrons. The molecule has 0 aliphatic carbocycles. The van der Waals surface area contributed by atoms with E-state index in [0.29, 0.717) is 6.61 Å². The summed E-state index contributed by atoms with van der Waals surface area (Å²) >= 11 is 6.85. The van der Waals surface area contributed by atoms with Crippen LogP contribution in [-0.4, -0.2) is 17.9 Å². The van der Waals surface area contributed by atoms with Crippen molar-refractivity contribution in [1.29, 1.82) is 0 Å². The number of carbonyl (C=O) groups excluding carboxylic acids is 1. The average Bonchev–Trinajstić information content (AvgIpc) is 2.35. The smallest absolute Gasteiger partial charge is 0.313 e. The zero-order chi connectivity index (χ0) is 13.4. The first-order valence-electron chi connectivity index (χ1n) is 6.17. The van der Waals surface area contributed by atoms with Gasteiger partial charge in [-0.15, -0.1) is 0 Å². The zero-order valence-electron chi connectivity index (χ0n) is 10.5. The Morgan fingerprint density at radius 1 is 1.39 bits per heavy atom. The number of benzene rings is 1. The third-order valence-electron chi connectivity index (χ3n) is 2.70. The summed E-state index contributed by atoms with van der Waals surface area (Å²) in [6.07, 6.45) is 2.92. The molecule has 1 atom stereocenters. The number of ether oxygens (including phenoxy) is 1. The number of unbranched alkanes of at least 4 members (excludes halogenated alkanes) is 1. The van der Waals surface area contributed by atoms with Gasteiger partial charge in [-0.1, -0.05) is 50.4 Å². The van der Waals surface area contributed by atoms with Gasteiger partial charge in [-0.25, -0.2) is 0 Å². The topological polar surface area (TPSA) is 26.3 Å². The molecule has 1 aromatic carbocycles. The van der Waals surface area contributed by atoms with E-state index >= 15 is 0 Å². The highest BCUT2D eigenvalue weighted by Gasteiger charge is 2.21. The van der Waals surface area contributed by atoms with E-state index in [4.69, 9.17) is 4.74 Å². The molecule has 1 rings (SSSR count). The second-order valence-electron chi connectivity index (χ2n) is 4.04. The summed E-state index contributed by atoms with van der Waals surface area (Å²) in [5.41, 5.74) is 1.03. The molecule has 18 heavy (non-hydrogen) atoms. The number of carbonyl (C=O) groups is 1. The van der Waals surface area contributed by atoms with Crippen LogP contribution in [0.25, 0.3) is 0 Å².